The fourth-order valence-corrected chi connectivity index (χ4v) is 3.00. The van der Waals surface area contributed by atoms with Crippen molar-refractivity contribution in [1.29, 1.82) is 0 Å². The molecule has 0 fully saturated rings. The summed E-state index contributed by atoms with van der Waals surface area (Å²) in [6.45, 7) is 3.42. The SMILES string of the molecule is CCF.CCN(CCNC(C)=O)c1ccc(N=Nc2cccc(P(=O)(O)O)c2)cc1.FC(F)(F)F.FCCF.FCCF. The maximum Gasteiger partial charge on any atom is 0.559 e. The minimum atomic E-state index is -5.50. The summed E-state index contributed by atoms with van der Waals surface area (Å²) in [7, 11) is -4.31. The summed E-state index contributed by atoms with van der Waals surface area (Å²) in [4.78, 5) is 31.5. The molecule has 0 saturated heterocycles. The Morgan fingerprint density at radius 2 is 1.30 bits per heavy atom. The van der Waals surface area contributed by atoms with Gasteiger partial charge in [-0.3, -0.25) is 13.8 Å². The molecule has 0 bridgehead atoms. The second-order valence-electron chi connectivity index (χ2n) is 7.29. The molecule has 18 heteroatoms. The van der Waals surface area contributed by atoms with E-state index in [9.17, 15) is 58.7 Å². The lowest BCUT2D eigenvalue weighted by molar-refractivity contribution is -0.237. The van der Waals surface area contributed by atoms with E-state index in [4.69, 9.17) is 0 Å². The standard InChI is InChI=1S/C18H23N4O4P.2C2H4F2.C2H5F.CF4/c1-3-22(12-11-19-14(2)23)17-9-7-15(8-10-17)20-21-16-5-4-6-18(13-16)27(24,25)26;2*3-1-2-4;1-2-3;2-1(3,4)5/h4-10,13H,3,11-12H2,1-2H3,(H,19,23)(H2,24,25,26);2*1-2H2;2H2,1H3;. The number of halogens is 9. The number of carbonyl (C=O) groups excluding carboxylic acids is 1. The molecule has 8 nitrogen and oxygen atoms in total. The summed E-state index contributed by atoms with van der Waals surface area (Å²) in [5.41, 5.74) is 1.99. The average molecular weight is 659 g/mol. The first kappa shape index (κ1) is 44.3. The van der Waals surface area contributed by atoms with Gasteiger partial charge in [-0.05, 0) is 56.3 Å². The van der Waals surface area contributed by atoms with Crippen LogP contribution >= 0.6 is 7.60 Å². The minimum Gasteiger partial charge on any atom is -0.370 e. The van der Waals surface area contributed by atoms with Crippen molar-refractivity contribution in [3.05, 3.63) is 48.5 Å². The van der Waals surface area contributed by atoms with Crippen molar-refractivity contribution in [1.82, 2.24) is 5.32 Å². The maximum absolute atomic E-state index is 11.3. The Morgan fingerprint density at radius 1 is 0.860 bits per heavy atom. The molecule has 0 heterocycles. The van der Waals surface area contributed by atoms with Crippen LogP contribution in [0.4, 0.5) is 56.6 Å². The van der Waals surface area contributed by atoms with Gasteiger partial charge in [-0.15, -0.1) is 17.6 Å². The fourth-order valence-electron chi connectivity index (χ4n) is 2.42. The van der Waals surface area contributed by atoms with Gasteiger partial charge in [0.15, 0.2) is 0 Å². The monoisotopic (exact) mass is 658 g/mol. The number of hydrogen-bond acceptors (Lipinski definition) is 5. The van der Waals surface area contributed by atoms with Crippen molar-refractivity contribution < 1.29 is 58.7 Å². The van der Waals surface area contributed by atoms with Crippen LogP contribution in [-0.4, -0.2) is 75.1 Å². The molecule has 0 aliphatic heterocycles. The molecule has 1 amide bonds. The Kier molecular flexibility index (Phi) is 27.2. The Balaban J connectivity index is -0.000000824. The molecular formula is C25H36F9N4O4P. The summed E-state index contributed by atoms with van der Waals surface area (Å²) in [6, 6.07) is 13.3. The van der Waals surface area contributed by atoms with Crippen LogP contribution in [0.2, 0.25) is 0 Å². The number of nitrogens with one attached hydrogen (secondary N) is 1. The van der Waals surface area contributed by atoms with Crippen LogP contribution in [0.25, 0.3) is 0 Å². The minimum absolute atomic E-state index is 0.0513. The largest absolute Gasteiger partial charge is 0.559 e. The number of rotatable bonds is 10. The highest BCUT2D eigenvalue weighted by atomic mass is 31.2. The first-order valence-corrected chi connectivity index (χ1v) is 13.9. The predicted molar refractivity (Wildman–Crippen MR) is 148 cm³/mol. The van der Waals surface area contributed by atoms with E-state index in [1.165, 1.54) is 32.0 Å². The normalized spacial score (nSPS) is 10.5. The third kappa shape index (κ3) is 30.1. The van der Waals surface area contributed by atoms with Crippen LogP contribution in [0, 0.1) is 0 Å². The van der Waals surface area contributed by atoms with Crippen molar-refractivity contribution in [3.63, 3.8) is 0 Å². The van der Waals surface area contributed by atoms with Crippen LogP contribution < -0.4 is 15.5 Å². The first-order chi connectivity index (χ1) is 20.0. The van der Waals surface area contributed by atoms with Gasteiger partial charge in [-0.25, -0.2) is 17.6 Å². The number of benzene rings is 2. The number of carbonyl (C=O) groups is 1. The summed E-state index contributed by atoms with van der Waals surface area (Å²) >= 11 is 0. The maximum atomic E-state index is 11.3. The van der Waals surface area contributed by atoms with E-state index in [0.29, 0.717) is 24.5 Å². The lowest BCUT2D eigenvalue weighted by atomic mass is 10.2. The van der Waals surface area contributed by atoms with E-state index in [2.05, 4.69) is 20.4 Å². The van der Waals surface area contributed by atoms with E-state index in [-0.39, 0.29) is 17.9 Å². The van der Waals surface area contributed by atoms with Gasteiger partial charge in [-0.2, -0.15) is 10.2 Å². The summed E-state index contributed by atoms with van der Waals surface area (Å²) < 4.78 is 102. The molecule has 3 N–H and O–H groups in total. The lowest BCUT2D eigenvalue weighted by Gasteiger charge is -2.23. The molecule has 0 aromatic heterocycles. The molecule has 0 aliphatic rings. The third-order valence-corrected chi connectivity index (χ3v) is 4.89. The van der Waals surface area contributed by atoms with E-state index in [0.717, 1.165) is 12.2 Å². The quantitative estimate of drug-likeness (QED) is 0.142. The molecule has 43 heavy (non-hydrogen) atoms. The smallest absolute Gasteiger partial charge is 0.370 e. The number of hydrogen-bond donors (Lipinski definition) is 3. The Labute approximate surface area is 244 Å². The van der Waals surface area contributed by atoms with Crippen molar-refractivity contribution in [3.8, 4) is 0 Å². The van der Waals surface area contributed by atoms with Gasteiger partial charge in [0.1, 0.15) is 26.7 Å². The zero-order valence-corrected chi connectivity index (χ0v) is 24.6. The molecule has 248 valence electrons. The second kappa shape index (κ2) is 26.5. The van der Waals surface area contributed by atoms with Gasteiger partial charge >= 0.3 is 14.0 Å². The van der Waals surface area contributed by atoms with E-state index in [1.54, 1.807) is 6.07 Å². The summed E-state index contributed by atoms with van der Waals surface area (Å²) in [5.74, 6) is -0.0513. The highest BCUT2D eigenvalue weighted by molar-refractivity contribution is 7.60. The van der Waals surface area contributed by atoms with Crippen LogP contribution in [0.5, 0.6) is 0 Å². The van der Waals surface area contributed by atoms with Gasteiger partial charge in [0.25, 0.3) is 0 Å². The first-order valence-electron chi connectivity index (χ1n) is 12.3. The molecule has 0 unspecified atom stereocenters. The summed E-state index contributed by atoms with van der Waals surface area (Å²) in [6.07, 6.45) is -5.50. The predicted octanol–water partition coefficient (Wildman–Crippen LogP) is 7.17. The number of nitrogens with zero attached hydrogens (tertiary/aromatic N) is 3. The zero-order valence-electron chi connectivity index (χ0n) is 23.7. The number of likely N-dealkylation sites (N-methyl/N-ethyl adjacent to an activating group) is 1. The molecule has 0 saturated carbocycles. The molecule has 2 aromatic carbocycles. The van der Waals surface area contributed by atoms with Crippen molar-refractivity contribution in [2.24, 2.45) is 10.2 Å². The highest BCUT2D eigenvalue weighted by Gasteiger charge is 2.24. The Hall–Kier alpha value is -3.17. The number of amides is 1. The number of azo groups is 1. The van der Waals surface area contributed by atoms with Crippen LogP contribution in [0.1, 0.15) is 20.8 Å². The van der Waals surface area contributed by atoms with Crippen LogP contribution in [0.3, 0.4) is 0 Å². The summed E-state index contributed by atoms with van der Waals surface area (Å²) in [5, 5.41) is 10.8. The second-order valence-corrected chi connectivity index (χ2v) is 8.90. The van der Waals surface area contributed by atoms with E-state index >= 15 is 0 Å². The molecule has 0 spiro atoms. The fraction of sp³-hybridized carbons (Fsp3) is 0.480. The van der Waals surface area contributed by atoms with Gasteiger partial charge in [0.2, 0.25) is 5.91 Å². The van der Waals surface area contributed by atoms with Crippen molar-refractivity contribution in [2.45, 2.75) is 27.2 Å². The van der Waals surface area contributed by atoms with Crippen LogP contribution in [-0.2, 0) is 9.36 Å². The van der Waals surface area contributed by atoms with Crippen molar-refractivity contribution in [2.75, 3.05) is 57.9 Å². The van der Waals surface area contributed by atoms with Gasteiger partial charge in [-0.1, -0.05) is 6.07 Å². The van der Waals surface area contributed by atoms with E-state index < -0.39 is 40.7 Å². The third-order valence-electron chi connectivity index (χ3n) is 3.94. The van der Waals surface area contributed by atoms with Crippen LogP contribution in [0.15, 0.2) is 58.8 Å². The topological polar surface area (TPSA) is 115 Å². The lowest BCUT2D eigenvalue weighted by Crippen LogP contribution is -2.33. The average Bonchev–Trinajstić information content (AvgIpc) is 2.94. The van der Waals surface area contributed by atoms with Gasteiger partial charge < -0.3 is 20.0 Å². The molecular weight excluding hydrogens is 622 g/mol. The highest BCUT2D eigenvalue weighted by Crippen LogP contribution is 2.34. The number of alkyl halides is 9. The zero-order chi connectivity index (χ0) is 33.9. The molecule has 2 rings (SSSR count). The van der Waals surface area contributed by atoms with Gasteiger partial charge in [0.05, 0.1) is 23.4 Å². The molecule has 0 aliphatic carbocycles. The molecule has 2 aromatic rings. The number of anilines is 1. The van der Waals surface area contributed by atoms with Crippen molar-refractivity contribution >= 4 is 35.9 Å². The van der Waals surface area contributed by atoms with E-state index in [1.807, 2.05) is 31.2 Å². The Bertz CT molecular complexity index is 1030. The molecule has 0 atom stereocenters. The Morgan fingerprint density at radius 3 is 1.67 bits per heavy atom. The van der Waals surface area contributed by atoms with Gasteiger partial charge in [0, 0.05) is 32.2 Å². The molecule has 0 radical (unpaired) electrons.